The van der Waals surface area contributed by atoms with Crippen LogP contribution in [0.25, 0.3) is 0 Å². The Morgan fingerprint density at radius 3 is 1.68 bits per heavy atom. The van der Waals surface area contributed by atoms with Crippen molar-refractivity contribution in [3.63, 3.8) is 0 Å². The number of rotatable bonds is 2. The summed E-state index contributed by atoms with van der Waals surface area (Å²) in [5.74, 6) is 0.233. The topological polar surface area (TPSA) is 32.8 Å². The van der Waals surface area contributed by atoms with Crippen LogP contribution >= 0.6 is 0 Å². The van der Waals surface area contributed by atoms with Gasteiger partial charge in [0.25, 0.3) is 0 Å². The maximum atomic E-state index is 13.3. The molecule has 0 N–H and O–H groups in total. The van der Waals surface area contributed by atoms with Crippen molar-refractivity contribution in [2.75, 3.05) is 53.4 Å². The van der Waals surface area contributed by atoms with Crippen LogP contribution in [0.3, 0.4) is 0 Å². The molecule has 0 spiro atoms. The summed E-state index contributed by atoms with van der Waals surface area (Å²) in [5.41, 5.74) is 3.07. The van der Waals surface area contributed by atoms with Gasteiger partial charge in [0.05, 0.1) is 0 Å². The van der Waals surface area contributed by atoms with Crippen LogP contribution in [0.4, 0.5) is 0 Å². The first-order valence-electron chi connectivity index (χ1n) is 10.3. The molecule has 0 aliphatic carbocycles. The minimum atomic E-state index is -0.138. The molecule has 5 heteroatoms. The van der Waals surface area contributed by atoms with Gasteiger partial charge in [0.1, 0.15) is 0 Å². The van der Waals surface area contributed by atoms with Gasteiger partial charge in [-0.2, -0.15) is 0 Å². The second-order valence-corrected chi connectivity index (χ2v) is 10.4. The zero-order valence-electron chi connectivity index (χ0n) is 19.9. The predicted molar refractivity (Wildman–Crippen MR) is 114 cm³/mol. The Morgan fingerprint density at radius 2 is 1.25 bits per heavy atom. The van der Waals surface area contributed by atoms with E-state index < -0.39 is 0 Å². The molecule has 1 heterocycles. The Hall–Kier alpha value is 0.536. The van der Waals surface area contributed by atoms with Crippen molar-refractivity contribution in [2.45, 2.75) is 58.9 Å². The monoisotopic (exact) mass is 413 g/mol. The van der Waals surface area contributed by atoms with Crippen LogP contribution in [0.5, 0.6) is 5.75 Å². The van der Waals surface area contributed by atoms with Crippen LogP contribution in [0.2, 0.25) is 0 Å². The molecule has 154 valence electrons. The third-order valence-corrected chi connectivity index (χ3v) is 5.69. The Labute approximate surface area is 216 Å². The van der Waals surface area contributed by atoms with E-state index in [9.17, 15) is 5.11 Å². The van der Waals surface area contributed by atoms with E-state index in [1.807, 2.05) is 0 Å². The van der Waals surface area contributed by atoms with Gasteiger partial charge in [0.15, 0.2) is 0 Å². The molecule has 1 fully saturated rings. The average molecular weight is 414 g/mol. The molecule has 0 aromatic heterocycles. The molecule has 0 atom stereocenters. The first-order chi connectivity index (χ1) is 12.4. The number of hydrogen-bond donors (Lipinski definition) is 0. The van der Waals surface area contributed by atoms with Crippen molar-refractivity contribution >= 4 is 0 Å². The SMILES string of the molecule is CN1CCN(C)CCN(Cc2cc(C(C)(C)C)cc(C(C)(C)C)c2[O-])CC1.[K+]. The zero-order valence-corrected chi connectivity index (χ0v) is 23.0. The van der Waals surface area contributed by atoms with E-state index in [0.29, 0.717) is 0 Å². The molecule has 28 heavy (non-hydrogen) atoms. The fourth-order valence-corrected chi connectivity index (χ4v) is 3.50. The van der Waals surface area contributed by atoms with E-state index in [0.717, 1.165) is 56.9 Å². The summed E-state index contributed by atoms with van der Waals surface area (Å²) in [6, 6.07) is 4.31. The van der Waals surface area contributed by atoms with E-state index in [2.05, 4.69) is 82.5 Å². The van der Waals surface area contributed by atoms with E-state index in [4.69, 9.17) is 0 Å². The van der Waals surface area contributed by atoms with Crippen molar-refractivity contribution < 1.29 is 56.5 Å². The minimum Gasteiger partial charge on any atom is -0.872 e. The van der Waals surface area contributed by atoms with Crippen molar-refractivity contribution in [3.8, 4) is 5.75 Å². The maximum absolute atomic E-state index is 13.3. The second kappa shape index (κ2) is 10.7. The minimum absolute atomic E-state index is 0. The molecule has 1 aliphatic rings. The molecule has 0 amide bonds. The first kappa shape index (κ1) is 26.6. The average Bonchev–Trinajstić information content (AvgIpc) is 2.61. The third kappa shape index (κ3) is 7.66. The number of likely N-dealkylation sites (N-methyl/N-ethyl adjacent to an activating group) is 2. The number of hydrogen-bond acceptors (Lipinski definition) is 4. The van der Waals surface area contributed by atoms with Gasteiger partial charge in [-0.1, -0.05) is 53.7 Å². The Bertz CT molecular complexity index is 620. The molecule has 0 bridgehead atoms. The Balaban J connectivity index is 0.00000392. The van der Waals surface area contributed by atoms with Crippen molar-refractivity contribution in [1.82, 2.24) is 14.7 Å². The molecular formula is C23H40KN3O. The van der Waals surface area contributed by atoms with Gasteiger partial charge in [-0.3, -0.25) is 4.90 Å². The molecule has 4 nitrogen and oxygen atoms in total. The molecule has 1 aliphatic heterocycles. The molecule has 1 aromatic rings. The van der Waals surface area contributed by atoms with E-state index in [-0.39, 0.29) is 68.0 Å². The number of benzene rings is 1. The van der Waals surface area contributed by atoms with Crippen LogP contribution in [0, 0.1) is 0 Å². The van der Waals surface area contributed by atoms with Gasteiger partial charge in [-0.25, -0.2) is 0 Å². The van der Waals surface area contributed by atoms with Gasteiger partial charge in [-0.05, 0) is 41.6 Å². The third-order valence-electron chi connectivity index (χ3n) is 5.69. The van der Waals surface area contributed by atoms with Crippen molar-refractivity contribution in [3.05, 3.63) is 28.8 Å². The summed E-state index contributed by atoms with van der Waals surface area (Å²) in [6.07, 6.45) is 0. The van der Waals surface area contributed by atoms with Crippen LogP contribution < -0.4 is 56.5 Å². The summed E-state index contributed by atoms with van der Waals surface area (Å²) in [6.45, 7) is 20.2. The largest absolute Gasteiger partial charge is 1.00 e. The predicted octanol–water partition coefficient (Wildman–Crippen LogP) is 0.0384. The second-order valence-electron chi connectivity index (χ2n) is 10.4. The smallest absolute Gasteiger partial charge is 0.872 e. The maximum Gasteiger partial charge on any atom is 1.00 e. The quantitative estimate of drug-likeness (QED) is 0.641. The number of nitrogens with zero attached hydrogens (tertiary/aromatic N) is 3. The molecule has 2 rings (SSSR count). The first-order valence-corrected chi connectivity index (χ1v) is 10.3. The fourth-order valence-electron chi connectivity index (χ4n) is 3.50. The van der Waals surface area contributed by atoms with Crippen LogP contribution in [-0.2, 0) is 17.4 Å². The van der Waals surface area contributed by atoms with Gasteiger partial charge < -0.3 is 14.9 Å². The Kier molecular flexibility index (Phi) is 10.2. The van der Waals surface area contributed by atoms with Gasteiger partial charge in [-0.15, -0.1) is 5.75 Å². The normalized spacial score (nSPS) is 18.9. The van der Waals surface area contributed by atoms with E-state index >= 15 is 0 Å². The van der Waals surface area contributed by atoms with Crippen LogP contribution in [0.15, 0.2) is 12.1 Å². The summed E-state index contributed by atoms with van der Waals surface area (Å²) < 4.78 is 0. The fraction of sp³-hybridized carbons (Fsp3) is 0.739. The van der Waals surface area contributed by atoms with Crippen molar-refractivity contribution in [1.29, 1.82) is 0 Å². The summed E-state index contributed by atoms with van der Waals surface area (Å²) in [4.78, 5) is 7.23. The summed E-state index contributed by atoms with van der Waals surface area (Å²) >= 11 is 0. The van der Waals surface area contributed by atoms with Gasteiger partial charge in [0.2, 0.25) is 0 Å². The zero-order chi connectivity index (χ0) is 20.4. The molecule has 0 unspecified atom stereocenters. The standard InChI is InChI=1S/C23H41N3O.K/c1-22(2,3)19-15-18(21(27)20(16-19)23(4,5)6)17-26-13-11-24(7)9-10-25(8)12-14-26;/h15-16,27H,9-14,17H2,1-8H3;/q;+1/p-1. The molecule has 1 saturated heterocycles. The van der Waals surface area contributed by atoms with E-state index in [1.54, 1.807) is 0 Å². The summed E-state index contributed by atoms with van der Waals surface area (Å²) in [5, 5.41) is 13.3. The summed E-state index contributed by atoms with van der Waals surface area (Å²) in [7, 11) is 4.38. The molecular weight excluding hydrogens is 373 g/mol. The molecule has 0 saturated carbocycles. The van der Waals surface area contributed by atoms with Gasteiger partial charge in [0, 0.05) is 45.8 Å². The van der Waals surface area contributed by atoms with Crippen LogP contribution in [0.1, 0.15) is 58.2 Å². The van der Waals surface area contributed by atoms with E-state index in [1.165, 1.54) is 5.56 Å². The van der Waals surface area contributed by atoms with Gasteiger partial charge >= 0.3 is 51.4 Å². The van der Waals surface area contributed by atoms with Crippen LogP contribution in [-0.4, -0.2) is 68.1 Å². The molecule has 0 radical (unpaired) electrons. The van der Waals surface area contributed by atoms with Crippen molar-refractivity contribution in [2.24, 2.45) is 0 Å². The Morgan fingerprint density at radius 1 is 0.786 bits per heavy atom. The molecule has 1 aromatic carbocycles.